The molecule has 0 aliphatic carbocycles. The highest BCUT2D eigenvalue weighted by Gasteiger charge is 2.70. The third kappa shape index (κ3) is 2.76. The van der Waals surface area contributed by atoms with Crippen LogP contribution in [-0.4, -0.2) is 34.6 Å². The number of imide groups is 1. The lowest BCUT2D eigenvalue weighted by molar-refractivity contribution is -0.143. The highest BCUT2D eigenvalue weighted by atomic mass is 19.1. The zero-order valence-electron chi connectivity index (χ0n) is 16.6. The fourth-order valence-corrected chi connectivity index (χ4v) is 5.15. The lowest BCUT2D eigenvalue weighted by atomic mass is 9.76. The molecule has 4 amide bonds. The molecule has 10 heteroatoms. The van der Waals surface area contributed by atoms with Gasteiger partial charge >= 0.3 is 0 Å². The fourth-order valence-electron chi connectivity index (χ4n) is 5.15. The molecular formula is C22H18F2N4O4. The number of nitrogens with one attached hydrogen (secondary N) is 2. The quantitative estimate of drug-likeness (QED) is 0.606. The van der Waals surface area contributed by atoms with E-state index in [2.05, 4.69) is 10.6 Å². The first kappa shape index (κ1) is 20.3. The number of halogens is 2. The molecule has 4 atom stereocenters. The van der Waals surface area contributed by atoms with E-state index in [9.17, 15) is 28.0 Å². The van der Waals surface area contributed by atoms with Crippen molar-refractivity contribution in [2.75, 3.05) is 5.32 Å². The molecule has 0 radical (unpaired) electrons. The minimum Gasteiger partial charge on any atom is -0.370 e. The predicted octanol–water partition coefficient (Wildman–Crippen LogP) is 0.761. The topological polar surface area (TPSA) is 122 Å². The summed E-state index contributed by atoms with van der Waals surface area (Å²) in [6, 6.07) is 8.13. The molecule has 0 unspecified atom stereocenters. The molecule has 2 fully saturated rings. The van der Waals surface area contributed by atoms with Gasteiger partial charge in [0.15, 0.2) is 0 Å². The molecule has 32 heavy (non-hydrogen) atoms. The van der Waals surface area contributed by atoms with Gasteiger partial charge in [-0.25, -0.2) is 8.78 Å². The van der Waals surface area contributed by atoms with Crippen LogP contribution >= 0.6 is 0 Å². The molecule has 0 aromatic heterocycles. The molecule has 2 aromatic rings. The van der Waals surface area contributed by atoms with Gasteiger partial charge in [0.2, 0.25) is 23.6 Å². The second-order valence-corrected chi connectivity index (χ2v) is 8.27. The number of nitrogens with two attached hydrogens (primary N) is 1. The Morgan fingerprint density at radius 1 is 1.03 bits per heavy atom. The molecule has 0 bridgehead atoms. The van der Waals surface area contributed by atoms with Crippen LogP contribution in [0.5, 0.6) is 0 Å². The standard InChI is InChI=1S/C22H18F2N4O4/c23-11-3-1-10(2-4-11)9-28-19(30)17-15(8-16(25)29)27-22(18(17)20(28)31)13-7-12(24)5-6-14(13)26-21(22)32/h1-7,15,17-18,27H,8-9H2,(H2,25,29)(H,26,32)/t15-,17-,18+,22-/m1/s1. The number of rotatable bonds is 4. The van der Waals surface area contributed by atoms with E-state index in [1.807, 2.05) is 0 Å². The molecule has 3 aliphatic rings. The largest absolute Gasteiger partial charge is 0.370 e. The number of hydrogen-bond donors (Lipinski definition) is 3. The van der Waals surface area contributed by atoms with E-state index in [0.717, 1.165) is 11.0 Å². The summed E-state index contributed by atoms with van der Waals surface area (Å²) in [5.41, 5.74) is 4.69. The van der Waals surface area contributed by atoms with E-state index in [-0.39, 0.29) is 18.5 Å². The third-order valence-electron chi connectivity index (χ3n) is 6.44. The van der Waals surface area contributed by atoms with Gasteiger partial charge in [0.05, 0.1) is 18.4 Å². The second kappa shape index (κ2) is 6.92. The SMILES string of the molecule is NC(=O)C[C@H]1N[C@@]2(C(=O)Nc3ccc(F)cc32)[C@@H]2C(=O)N(Cc3ccc(F)cc3)C(=O)[C@@H]21. The molecule has 2 saturated heterocycles. The summed E-state index contributed by atoms with van der Waals surface area (Å²) < 4.78 is 27.4. The van der Waals surface area contributed by atoms with Crippen molar-refractivity contribution in [1.82, 2.24) is 10.2 Å². The van der Waals surface area contributed by atoms with Crippen LogP contribution < -0.4 is 16.4 Å². The van der Waals surface area contributed by atoms with E-state index in [1.165, 1.54) is 36.4 Å². The normalized spacial score (nSPS) is 28.2. The third-order valence-corrected chi connectivity index (χ3v) is 6.44. The van der Waals surface area contributed by atoms with Gasteiger partial charge in [0.1, 0.15) is 17.2 Å². The zero-order valence-corrected chi connectivity index (χ0v) is 16.6. The molecule has 3 aliphatic heterocycles. The molecule has 5 rings (SSSR count). The van der Waals surface area contributed by atoms with Crippen molar-refractivity contribution >= 4 is 29.3 Å². The van der Waals surface area contributed by atoms with Gasteiger partial charge in [-0.3, -0.25) is 29.4 Å². The Morgan fingerprint density at radius 2 is 1.72 bits per heavy atom. The van der Waals surface area contributed by atoms with Gasteiger partial charge in [-0.15, -0.1) is 0 Å². The number of benzene rings is 2. The summed E-state index contributed by atoms with van der Waals surface area (Å²) in [6.45, 7) is -0.123. The van der Waals surface area contributed by atoms with Crippen LogP contribution in [0, 0.1) is 23.5 Å². The van der Waals surface area contributed by atoms with Crippen molar-refractivity contribution in [2.45, 2.75) is 24.5 Å². The molecule has 4 N–H and O–H groups in total. The first-order chi connectivity index (χ1) is 15.2. The number of carbonyl (C=O) groups excluding carboxylic acids is 4. The maximum Gasteiger partial charge on any atom is 0.250 e. The molecule has 2 aromatic carbocycles. The van der Waals surface area contributed by atoms with Crippen LogP contribution in [0.1, 0.15) is 17.5 Å². The van der Waals surface area contributed by atoms with Crippen molar-refractivity contribution in [3.8, 4) is 0 Å². The molecular weight excluding hydrogens is 422 g/mol. The van der Waals surface area contributed by atoms with Gasteiger partial charge in [-0.1, -0.05) is 12.1 Å². The molecule has 3 heterocycles. The van der Waals surface area contributed by atoms with Gasteiger partial charge in [-0.05, 0) is 35.9 Å². The smallest absolute Gasteiger partial charge is 0.250 e. The number of likely N-dealkylation sites (tertiary alicyclic amines) is 1. The van der Waals surface area contributed by atoms with Crippen LogP contribution in [0.3, 0.4) is 0 Å². The van der Waals surface area contributed by atoms with Crippen LogP contribution in [0.4, 0.5) is 14.5 Å². The van der Waals surface area contributed by atoms with E-state index in [4.69, 9.17) is 5.73 Å². The van der Waals surface area contributed by atoms with E-state index < -0.39 is 58.7 Å². The minimum absolute atomic E-state index is 0.123. The van der Waals surface area contributed by atoms with Gasteiger partial charge in [-0.2, -0.15) is 0 Å². The number of fused-ring (bicyclic) bond motifs is 4. The number of primary amides is 1. The van der Waals surface area contributed by atoms with Crippen molar-refractivity contribution in [3.63, 3.8) is 0 Å². The zero-order chi connectivity index (χ0) is 22.8. The van der Waals surface area contributed by atoms with Crippen molar-refractivity contribution in [1.29, 1.82) is 0 Å². The summed E-state index contributed by atoms with van der Waals surface area (Å²) in [6.07, 6.45) is -0.287. The Bertz CT molecular complexity index is 1180. The lowest BCUT2D eigenvalue weighted by Gasteiger charge is -2.29. The highest BCUT2D eigenvalue weighted by molar-refractivity contribution is 6.15. The van der Waals surface area contributed by atoms with Crippen molar-refractivity contribution in [2.24, 2.45) is 17.6 Å². The van der Waals surface area contributed by atoms with Crippen molar-refractivity contribution in [3.05, 3.63) is 65.2 Å². The lowest BCUT2D eigenvalue weighted by Crippen LogP contribution is -2.53. The summed E-state index contributed by atoms with van der Waals surface area (Å²) in [7, 11) is 0. The summed E-state index contributed by atoms with van der Waals surface area (Å²) in [5.74, 6) is -5.84. The maximum atomic E-state index is 14.1. The van der Waals surface area contributed by atoms with E-state index >= 15 is 0 Å². The van der Waals surface area contributed by atoms with Crippen molar-refractivity contribution < 1.29 is 28.0 Å². The summed E-state index contributed by atoms with van der Waals surface area (Å²) >= 11 is 0. The second-order valence-electron chi connectivity index (χ2n) is 8.27. The Morgan fingerprint density at radius 3 is 2.41 bits per heavy atom. The van der Waals surface area contributed by atoms with Gasteiger partial charge < -0.3 is 11.1 Å². The van der Waals surface area contributed by atoms with Gasteiger partial charge in [0, 0.05) is 23.7 Å². The summed E-state index contributed by atoms with van der Waals surface area (Å²) in [4.78, 5) is 52.7. The predicted molar refractivity (Wildman–Crippen MR) is 106 cm³/mol. The fraction of sp³-hybridized carbons (Fsp3) is 0.273. The minimum atomic E-state index is -1.72. The molecule has 8 nitrogen and oxygen atoms in total. The Labute approximate surface area is 180 Å². The first-order valence-corrected chi connectivity index (χ1v) is 9.99. The van der Waals surface area contributed by atoms with E-state index in [0.29, 0.717) is 11.3 Å². The van der Waals surface area contributed by atoms with Gasteiger partial charge in [0.25, 0.3) is 0 Å². The Kier molecular flexibility index (Phi) is 4.38. The average molecular weight is 440 g/mol. The monoisotopic (exact) mass is 440 g/mol. The number of nitrogens with zero attached hydrogens (tertiary/aromatic N) is 1. The maximum absolute atomic E-state index is 14.1. The number of carbonyl (C=O) groups is 4. The van der Waals surface area contributed by atoms with Crippen LogP contribution in [0.2, 0.25) is 0 Å². The molecule has 0 saturated carbocycles. The number of amides is 4. The summed E-state index contributed by atoms with van der Waals surface area (Å²) in [5, 5.41) is 5.63. The number of anilines is 1. The van der Waals surface area contributed by atoms with Crippen LogP contribution in [0.25, 0.3) is 0 Å². The Balaban J connectivity index is 1.60. The van der Waals surface area contributed by atoms with Crippen LogP contribution in [0.15, 0.2) is 42.5 Å². The Hall–Kier alpha value is -3.66. The van der Waals surface area contributed by atoms with E-state index in [1.54, 1.807) is 0 Å². The highest BCUT2D eigenvalue weighted by Crippen LogP contribution is 2.53. The molecule has 164 valence electrons. The number of hydrogen-bond acceptors (Lipinski definition) is 5. The van der Waals surface area contributed by atoms with Crippen LogP contribution in [-0.2, 0) is 31.3 Å². The first-order valence-electron chi connectivity index (χ1n) is 9.99. The molecule has 1 spiro atoms. The average Bonchev–Trinajstić information content (AvgIpc) is 3.30.